The molecule has 0 bridgehead atoms. The Kier molecular flexibility index (Phi) is 6.23. The molecule has 1 fully saturated rings. The molecular formula is C24H23ClN8S. The molecule has 1 aliphatic rings. The van der Waals surface area contributed by atoms with Crippen LogP contribution < -0.4 is 5.73 Å². The van der Waals surface area contributed by atoms with E-state index in [1.807, 2.05) is 59.6 Å². The number of piperazine rings is 1. The van der Waals surface area contributed by atoms with Crippen molar-refractivity contribution < 1.29 is 0 Å². The van der Waals surface area contributed by atoms with E-state index in [0.717, 1.165) is 54.3 Å². The molecule has 1 aliphatic heterocycles. The van der Waals surface area contributed by atoms with Crippen LogP contribution in [-0.2, 0) is 0 Å². The lowest BCUT2D eigenvalue weighted by atomic mass is 10.00. The number of fused-ring (bicyclic) bond motifs is 1. The van der Waals surface area contributed by atoms with E-state index in [-0.39, 0.29) is 4.77 Å². The summed E-state index contributed by atoms with van der Waals surface area (Å²) >= 11 is 11.5. The highest BCUT2D eigenvalue weighted by molar-refractivity contribution is 7.71. The number of hydrogen-bond acceptors (Lipinski definition) is 7. The van der Waals surface area contributed by atoms with Crippen molar-refractivity contribution in [2.45, 2.75) is 0 Å². The number of benzene rings is 2. The normalized spacial score (nSPS) is 14.8. The van der Waals surface area contributed by atoms with Crippen molar-refractivity contribution in [3.63, 3.8) is 0 Å². The molecular weight excluding hydrogens is 468 g/mol. The predicted molar refractivity (Wildman–Crippen MR) is 139 cm³/mol. The fourth-order valence-corrected chi connectivity index (χ4v) is 4.30. The number of anilines is 1. The number of likely N-dealkylation sites (N-methyl/N-ethyl adjacent to an activating group) is 1. The molecule has 8 nitrogen and oxygen atoms in total. The van der Waals surface area contributed by atoms with Gasteiger partial charge in [0.2, 0.25) is 0 Å². The summed E-state index contributed by atoms with van der Waals surface area (Å²) in [6, 6.07) is 17.4. The molecule has 0 amide bonds. The van der Waals surface area contributed by atoms with Gasteiger partial charge in [0, 0.05) is 23.7 Å². The van der Waals surface area contributed by atoms with Gasteiger partial charge >= 0.3 is 0 Å². The first-order chi connectivity index (χ1) is 16.5. The molecule has 0 spiro atoms. The molecule has 172 valence electrons. The number of halogens is 1. The first-order valence-corrected chi connectivity index (χ1v) is 11.7. The molecule has 3 N–H and O–H groups in total. The van der Waals surface area contributed by atoms with Crippen molar-refractivity contribution in [3.05, 3.63) is 64.4 Å². The number of hydrogen-bond donors (Lipinski definition) is 2. The van der Waals surface area contributed by atoms with Crippen LogP contribution in [0.2, 0.25) is 5.02 Å². The molecule has 0 radical (unpaired) electrons. The summed E-state index contributed by atoms with van der Waals surface area (Å²) in [5, 5.41) is 12.1. The molecule has 3 heterocycles. The van der Waals surface area contributed by atoms with Crippen LogP contribution >= 0.6 is 23.8 Å². The van der Waals surface area contributed by atoms with Crippen molar-refractivity contribution in [1.29, 1.82) is 0 Å². The monoisotopic (exact) mass is 490 g/mol. The quantitative estimate of drug-likeness (QED) is 0.289. The van der Waals surface area contributed by atoms with Gasteiger partial charge in [0.25, 0.3) is 0 Å². The van der Waals surface area contributed by atoms with Gasteiger partial charge < -0.3 is 15.6 Å². The molecule has 1 saturated heterocycles. The van der Waals surface area contributed by atoms with Gasteiger partial charge in [-0.05, 0) is 60.7 Å². The first kappa shape index (κ1) is 22.4. The summed E-state index contributed by atoms with van der Waals surface area (Å²) in [6.07, 6.45) is 0. The largest absolute Gasteiger partial charge is 0.385 e. The summed E-state index contributed by atoms with van der Waals surface area (Å²) in [5.74, 6) is 0.420. The van der Waals surface area contributed by atoms with E-state index < -0.39 is 0 Å². The fraction of sp³-hybridized carbons (Fsp3) is 0.208. The second-order valence-corrected chi connectivity index (χ2v) is 9.04. The Morgan fingerprint density at radius 1 is 1.00 bits per heavy atom. The molecule has 10 heteroatoms. The Bertz CT molecular complexity index is 1430. The lowest BCUT2D eigenvalue weighted by molar-refractivity contribution is 0.150. The molecule has 2 aromatic carbocycles. The van der Waals surface area contributed by atoms with Crippen molar-refractivity contribution in [3.8, 4) is 22.4 Å². The Balaban J connectivity index is 1.52. The van der Waals surface area contributed by atoms with Crippen LogP contribution in [0.15, 0.2) is 64.9 Å². The summed E-state index contributed by atoms with van der Waals surface area (Å²) in [6.45, 7) is 3.74. The Morgan fingerprint density at radius 2 is 1.76 bits per heavy atom. The van der Waals surface area contributed by atoms with Crippen molar-refractivity contribution in [1.82, 2.24) is 24.9 Å². The lowest BCUT2D eigenvalue weighted by Gasteiger charge is -2.29. The van der Waals surface area contributed by atoms with Crippen molar-refractivity contribution in [2.24, 2.45) is 10.3 Å². The zero-order valence-electron chi connectivity index (χ0n) is 18.6. The standard InChI is InChI=1S/C24H23ClN8S/c1-32-9-11-33(12-10-32)31-30-18-7-5-15(6-8-18)20-14-19(16-3-2-4-17(25)13-16)21-22(26)28-24(34)29-23(21)27-20/h2-8,13-14H,9-12H2,1H3,(H3,26,27,28,29,34). The molecule has 4 aromatic rings. The highest BCUT2D eigenvalue weighted by Gasteiger charge is 2.15. The lowest BCUT2D eigenvalue weighted by Crippen LogP contribution is -2.41. The van der Waals surface area contributed by atoms with E-state index in [0.29, 0.717) is 21.9 Å². The van der Waals surface area contributed by atoms with Gasteiger partial charge in [-0.15, -0.1) is 5.11 Å². The maximum absolute atomic E-state index is 6.28. The third-order valence-electron chi connectivity index (χ3n) is 5.78. The number of rotatable bonds is 4. The summed E-state index contributed by atoms with van der Waals surface area (Å²) in [5.41, 5.74) is 11.0. The van der Waals surface area contributed by atoms with Crippen LogP contribution in [0, 0.1) is 4.77 Å². The number of nitrogens with zero attached hydrogens (tertiary/aromatic N) is 6. The molecule has 0 aliphatic carbocycles. The molecule has 0 atom stereocenters. The minimum Gasteiger partial charge on any atom is -0.385 e. The third kappa shape index (κ3) is 4.77. The minimum atomic E-state index is 0.284. The maximum Gasteiger partial charge on any atom is 0.200 e. The van der Waals surface area contributed by atoms with E-state index in [9.17, 15) is 0 Å². The van der Waals surface area contributed by atoms with Crippen molar-refractivity contribution in [2.75, 3.05) is 39.0 Å². The van der Waals surface area contributed by atoms with Crippen LogP contribution in [0.25, 0.3) is 33.4 Å². The smallest absolute Gasteiger partial charge is 0.200 e. The number of nitrogens with two attached hydrogens (primary N) is 1. The number of H-pyrrole nitrogens is 1. The molecule has 5 rings (SSSR count). The number of nitrogen functional groups attached to an aromatic ring is 1. The van der Waals surface area contributed by atoms with Gasteiger partial charge in [0.1, 0.15) is 5.82 Å². The van der Waals surface area contributed by atoms with E-state index in [1.165, 1.54) is 0 Å². The number of aromatic nitrogens is 3. The predicted octanol–water partition coefficient (Wildman–Crippen LogP) is 5.50. The van der Waals surface area contributed by atoms with E-state index >= 15 is 0 Å². The second kappa shape index (κ2) is 9.46. The minimum absolute atomic E-state index is 0.284. The third-order valence-corrected chi connectivity index (χ3v) is 6.21. The van der Waals surface area contributed by atoms with Crippen LogP contribution in [0.4, 0.5) is 11.5 Å². The first-order valence-electron chi connectivity index (χ1n) is 10.9. The Morgan fingerprint density at radius 3 is 2.50 bits per heavy atom. The van der Waals surface area contributed by atoms with Gasteiger partial charge in [0.05, 0.1) is 29.9 Å². The Hall–Kier alpha value is -3.40. The highest BCUT2D eigenvalue weighted by atomic mass is 35.5. The SMILES string of the molecule is CN1CCN(N=Nc2ccc(-c3cc(-c4cccc(Cl)c4)c4c(N)[nH]c(=S)nc4n3)cc2)CC1. The second-order valence-electron chi connectivity index (χ2n) is 8.21. The molecule has 34 heavy (non-hydrogen) atoms. The summed E-state index contributed by atoms with van der Waals surface area (Å²) in [7, 11) is 2.11. The van der Waals surface area contributed by atoms with Crippen LogP contribution in [0.5, 0.6) is 0 Å². The summed E-state index contributed by atoms with van der Waals surface area (Å²) < 4.78 is 0.284. The van der Waals surface area contributed by atoms with Gasteiger partial charge in [0.15, 0.2) is 10.4 Å². The fourth-order valence-electron chi connectivity index (χ4n) is 3.91. The van der Waals surface area contributed by atoms with Gasteiger partial charge in [-0.3, -0.25) is 5.01 Å². The number of aromatic amines is 1. The van der Waals surface area contributed by atoms with Gasteiger partial charge in [-0.2, -0.15) is 4.98 Å². The van der Waals surface area contributed by atoms with E-state index in [4.69, 9.17) is 34.5 Å². The van der Waals surface area contributed by atoms with Crippen LogP contribution in [-0.4, -0.2) is 58.1 Å². The van der Waals surface area contributed by atoms with E-state index in [1.54, 1.807) is 0 Å². The zero-order valence-corrected chi connectivity index (χ0v) is 20.1. The topological polar surface area (TPSA) is 98.8 Å². The van der Waals surface area contributed by atoms with Gasteiger partial charge in [-0.25, -0.2) is 4.98 Å². The summed E-state index contributed by atoms with van der Waals surface area (Å²) in [4.78, 5) is 14.4. The average Bonchev–Trinajstić information content (AvgIpc) is 2.83. The molecule has 0 unspecified atom stereocenters. The van der Waals surface area contributed by atoms with Gasteiger partial charge in [-0.1, -0.05) is 41.1 Å². The van der Waals surface area contributed by atoms with E-state index in [2.05, 4.69) is 32.3 Å². The average molecular weight is 491 g/mol. The number of nitrogens with one attached hydrogen (secondary N) is 1. The molecule has 2 aromatic heterocycles. The van der Waals surface area contributed by atoms with Crippen LogP contribution in [0.1, 0.15) is 0 Å². The molecule has 0 saturated carbocycles. The van der Waals surface area contributed by atoms with Crippen molar-refractivity contribution >= 4 is 46.4 Å². The Labute approximate surface area is 207 Å². The maximum atomic E-state index is 6.28. The number of pyridine rings is 1. The zero-order chi connectivity index (χ0) is 23.7. The highest BCUT2D eigenvalue weighted by Crippen LogP contribution is 2.35. The van der Waals surface area contributed by atoms with Crippen LogP contribution in [0.3, 0.4) is 0 Å².